The number of carbonyl (C=O) groups excluding carboxylic acids is 2. The molecule has 1 atom stereocenters. The Balaban J connectivity index is 1.63. The number of esters is 1. The number of H-pyrrole nitrogens is 1. The topological polar surface area (TPSA) is 109 Å². The van der Waals surface area contributed by atoms with E-state index in [0.29, 0.717) is 30.8 Å². The van der Waals surface area contributed by atoms with Crippen molar-refractivity contribution in [2.45, 2.75) is 51.3 Å². The van der Waals surface area contributed by atoms with Crippen LogP contribution in [-0.4, -0.2) is 55.8 Å². The largest absolute Gasteiger partial charge is 0.462 e. The van der Waals surface area contributed by atoms with Crippen molar-refractivity contribution in [2.24, 2.45) is 5.92 Å². The maximum absolute atomic E-state index is 13.4. The zero-order chi connectivity index (χ0) is 24.2. The van der Waals surface area contributed by atoms with E-state index in [1.165, 1.54) is 4.31 Å². The van der Waals surface area contributed by atoms with Gasteiger partial charge in [-0.25, -0.2) is 13.2 Å². The van der Waals surface area contributed by atoms with Crippen LogP contribution in [0.2, 0.25) is 0 Å². The second-order valence-electron chi connectivity index (χ2n) is 8.53. The molecule has 2 aromatic rings. The fourth-order valence-electron chi connectivity index (χ4n) is 4.31. The van der Waals surface area contributed by atoms with Gasteiger partial charge in [-0.15, -0.1) is 0 Å². The number of aryl methyl sites for hydroxylation is 2. The van der Waals surface area contributed by atoms with Crippen LogP contribution in [0.3, 0.4) is 0 Å². The van der Waals surface area contributed by atoms with Crippen molar-refractivity contribution in [1.82, 2.24) is 14.6 Å². The molecule has 0 spiro atoms. The van der Waals surface area contributed by atoms with Crippen molar-refractivity contribution in [1.29, 1.82) is 0 Å². The first kappa shape index (κ1) is 25.0. The van der Waals surface area contributed by atoms with Crippen LogP contribution >= 0.6 is 0 Å². The highest BCUT2D eigenvalue weighted by atomic mass is 32.2. The van der Waals surface area contributed by atoms with Gasteiger partial charge in [0.05, 0.1) is 6.61 Å². The van der Waals surface area contributed by atoms with E-state index in [9.17, 15) is 18.0 Å². The molecular weight excluding hydrogens is 442 g/mol. The van der Waals surface area contributed by atoms with Gasteiger partial charge in [0.25, 0.3) is 0 Å². The molecule has 1 aliphatic heterocycles. The van der Waals surface area contributed by atoms with Crippen LogP contribution in [0.1, 0.15) is 59.9 Å². The summed E-state index contributed by atoms with van der Waals surface area (Å²) in [7, 11) is -3.91. The number of piperidine rings is 1. The number of rotatable bonds is 8. The van der Waals surface area contributed by atoms with Crippen molar-refractivity contribution in [2.75, 3.05) is 26.2 Å². The number of aromatic nitrogens is 1. The lowest BCUT2D eigenvalue weighted by atomic mass is 9.96. The highest BCUT2D eigenvalue weighted by molar-refractivity contribution is 7.89. The summed E-state index contributed by atoms with van der Waals surface area (Å²) in [6.45, 7) is 8.17. The maximum Gasteiger partial charge on any atom is 0.341 e. The summed E-state index contributed by atoms with van der Waals surface area (Å²) in [4.78, 5) is 28.0. The normalized spacial score (nSPS) is 16.4. The minimum absolute atomic E-state index is 0.0296. The molecule has 180 valence electrons. The predicted octanol–water partition coefficient (Wildman–Crippen LogP) is 3.13. The Kier molecular flexibility index (Phi) is 7.97. The molecule has 8 nitrogen and oxygen atoms in total. The molecule has 2 heterocycles. The molecule has 1 fully saturated rings. The first-order valence-corrected chi connectivity index (χ1v) is 12.8. The second-order valence-corrected chi connectivity index (χ2v) is 10.4. The van der Waals surface area contributed by atoms with Gasteiger partial charge < -0.3 is 15.0 Å². The molecule has 1 aromatic heterocycles. The maximum atomic E-state index is 13.4. The first-order valence-electron chi connectivity index (χ1n) is 11.4. The van der Waals surface area contributed by atoms with Crippen molar-refractivity contribution >= 4 is 21.9 Å². The number of benzene rings is 1. The molecule has 0 radical (unpaired) electrons. The molecule has 0 saturated carbocycles. The van der Waals surface area contributed by atoms with E-state index >= 15 is 0 Å². The SMILES string of the molecule is CCOC(=O)c1c(C)[nH]c(C)c1S(=O)(=O)N1CCC(C(=O)NC[C@@H](C)c2ccccc2)CC1. The molecule has 33 heavy (non-hydrogen) atoms. The summed E-state index contributed by atoms with van der Waals surface area (Å²) < 4.78 is 33.2. The van der Waals surface area contributed by atoms with E-state index in [1.807, 2.05) is 30.3 Å². The standard InChI is InChI=1S/C24H33N3O5S/c1-5-32-24(29)21-17(3)26-18(4)22(21)33(30,31)27-13-11-20(12-14-27)23(28)25-15-16(2)19-9-7-6-8-10-19/h6-10,16,20,26H,5,11-15H2,1-4H3,(H,25,28)/t16-/m1/s1. The third-order valence-electron chi connectivity index (χ3n) is 6.17. The Labute approximate surface area is 195 Å². The zero-order valence-corrected chi connectivity index (χ0v) is 20.5. The number of amides is 1. The number of hydrogen-bond acceptors (Lipinski definition) is 5. The minimum atomic E-state index is -3.91. The summed E-state index contributed by atoms with van der Waals surface area (Å²) in [5, 5.41) is 3.01. The van der Waals surface area contributed by atoms with Crippen LogP contribution in [0.25, 0.3) is 0 Å². The number of nitrogens with one attached hydrogen (secondary N) is 2. The van der Waals surface area contributed by atoms with E-state index < -0.39 is 16.0 Å². The molecule has 1 amide bonds. The van der Waals surface area contributed by atoms with Crippen molar-refractivity contribution in [3.8, 4) is 0 Å². The van der Waals surface area contributed by atoms with E-state index in [1.54, 1.807) is 20.8 Å². The summed E-state index contributed by atoms with van der Waals surface area (Å²) in [5.74, 6) is -0.745. The van der Waals surface area contributed by atoms with Crippen LogP contribution in [0, 0.1) is 19.8 Å². The molecule has 1 aromatic carbocycles. The van der Waals surface area contributed by atoms with Crippen molar-refractivity contribution in [3.63, 3.8) is 0 Å². The molecule has 0 aliphatic carbocycles. The number of ether oxygens (including phenoxy) is 1. The Morgan fingerprint density at radius 3 is 2.39 bits per heavy atom. The molecule has 9 heteroatoms. The molecule has 1 saturated heterocycles. The third-order valence-corrected chi connectivity index (χ3v) is 8.24. The zero-order valence-electron chi connectivity index (χ0n) is 19.7. The number of aromatic amines is 1. The van der Waals surface area contributed by atoms with Gasteiger partial charge in [-0.05, 0) is 45.1 Å². The number of hydrogen-bond donors (Lipinski definition) is 2. The van der Waals surface area contributed by atoms with E-state index in [0.717, 1.165) is 5.56 Å². The molecule has 0 unspecified atom stereocenters. The Morgan fingerprint density at radius 1 is 1.15 bits per heavy atom. The summed E-state index contributed by atoms with van der Waals surface area (Å²) >= 11 is 0. The fraction of sp³-hybridized carbons (Fsp3) is 0.500. The van der Waals surface area contributed by atoms with Gasteiger partial charge in [-0.3, -0.25) is 4.79 Å². The Hall–Kier alpha value is -2.65. The molecular formula is C24H33N3O5S. The number of nitrogens with zero attached hydrogens (tertiary/aromatic N) is 1. The van der Waals surface area contributed by atoms with Gasteiger partial charge in [-0.1, -0.05) is 37.3 Å². The lowest BCUT2D eigenvalue weighted by Crippen LogP contribution is -2.43. The third kappa shape index (κ3) is 5.47. The van der Waals surface area contributed by atoms with Crippen LogP contribution in [-0.2, 0) is 19.6 Å². The number of carbonyl (C=O) groups is 2. The lowest BCUT2D eigenvalue weighted by Gasteiger charge is -2.31. The Morgan fingerprint density at radius 2 is 1.79 bits per heavy atom. The summed E-state index contributed by atoms with van der Waals surface area (Å²) in [5.41, 5.74) is 2.09. The number of sulfonamides is 1. The van der Waals surface area contributed by atoms with Crippen LogP contribution in [0.5, 0.6) is 0 Å². The van der Waals surface area contributed by atoms with Gasteiger partial charge in [0.1, 0.15) is 10.5 Å². The van der Waals surface area contributed by atoms with E-state index in [-0.39, 0.29) is 47.9 Å². The van der Waals surface area contributed by atoms with Gasteiger partial charge in [0.2, 0.25) is 15.9 Å². The molecule has 2 N–H and O–H groups in total. The van der Waals surface area contributed by atoms with Crippen molar-refractivity contribution in [3.05, 3.63) is 52.8 Å². The smallest absolute Gasteiger partial charge is 0.341 e. The molecule has 0 bridgehead atoms. The molecule has 1 aliphatic rings. The minimum Gasteiger partial charge on any atom is -0.462 e. The van der Waals surface area contributed by atoms with Crippen LogP contribution in [0.4, 0.5) is 0 Å². The molecule has 3 rings (SSSR count). The van der Waals surface area contributed by atoms with Crippen LogP contribution in [0.15, 0.2) is 35.2 Å². The monoisotopic (exact) mass is 475 g/mol. The van der Waals surface area contributed by atoms with Crippen molar-refractivity contribution < 1.29 is 22.7 Å². The second kappa shape index (κ2) is 10.5. The average Bonchev–Trinajstić information content (AvgIpc) is 3.12. The highest BCUT2D eigenvalue weighted by Gasteiger charge is 2.37. The quantitative estimate of drug-likeness (QED) is 0.570. The summed E-state index contributed by atoms with van der Waals surface area (Å²) in [6.07, 6.45) is 0.865. The van der Waals surface area contributed by atoms with Gasteiger partial charge in [-0.2, -0.15) is 4.31 Å². The highest BCUT2D eigenvalue weighted by Crippen LogP contribution is 2.30. The Bertz CT molecular complexity index is 1090. The van der Waals surface area contributed by atoms with Gasteiger partial charge in [0.15, 0.2) is 0 Å². The van der Waals surface area contributed by atoms with Gasteiger partial charge >= 0.3 is 5.97 Å². The predicted molar refractivity (Wildman–Crippen MR) is 126 cm³/mol. The van der Waals surface area contributed by atoms with E-state index in [2.05, 4.69) is 17.2 Å². The fourth-order valence-corrected chi connectivity index (χ4v) is 6.20. The lowest BCUT2D eigenvalue weighted by molar-refractivity contribution is -0.126. The average molecular weight is 476 g/mol. The van der Waals surface area contributed by atoms with Gasteiger partial charge in [0, 0.05) is 36.9 Å². The summed E-state index contributed by atoms with van der Waals surface area (Å²) in [6, 6.07) is 9.99. The van der Waals surface area contributed by atoms with E-state index in [4.69, 9.17) is 4.74 Å². The van der Waals surface area contributed by atoms with Crippen LogP contribution < -0.4 is 5.32 Å². The first-order chi connectivity index (χ1) is 15.7.